The molecular formula is C40H66O3. The minimum absolute atomic E-state index is 0.00852. The predicted octanol–water partition coefficient (Wildman–Crippen LogP) is 10.9. The number of unbranched alkanes of at least 4 members (excludes halogenated alkanes) is 6. The highest BCUT2D eigenvalue weighted by atomic mass is 16.5. The maximum absolute atomic E-state index is 14.6. The second-order valence-corrected chi connectivity index (χ2v) is 18.0. The molecule has 0 radical (unpaired) electrons. The van der Waals surface area contributed by atoms with Gasteiger partial charge >= 0.3 is 5.97 Å². The molecule has 5 aliphatic rings. The molecule has 0 unspecified atom stereocenters. The SMILES string of the molecule is CCCCCCCCCC(=O)O[C@H]1CC[C@]2(C)[C@H]3C(=O)C=C4[C@@H]5[C@@H](C)[C@H](C)CC[C@]5(C)CC[C@@]4(C)[C@]3(C)CC[C@H]2C1(C)C. The molecule has 0 amide bonds. The second-order valence-electron chi connectivity index (χ2n) is 18.0. The molecule has 3 heteroatoms. The van der Waals surface area contributed by atoms with Crippen LogP contribution in [0.3, 0.4) is 0 Å². The van der Waals surface area contributed by atoms with Crippen molar-refractivity contribution in [2.24, 2.45) is 56.7 Å². The van der Waals surface area contributed by atoms with Gasteiger partial charge in [-0.05, 0) is 109 Å². The average molecular weight is 595 g/mol. The summed E-state index contributed by atoms with van der Waals surface area (Å²) in [6.07, 6.45) is 20.4. The van der Waals surface area contributed by atoms with Gasteiger partial charge in [-0.25, -0.2) is 0 Å². The van der Waals surface area contributed by atoms with E-state index in [1.54, 1.807) is 0 Å². The number of carbonyl (C=O) groups excluding carboxylic acids is 2. The number of esters is 1. The molecule has 0 bridgehead atoms. The molecule has 0 saturated heterocycles. The Bertz CT molecular complexity index is 1090. The number of ether oxygens (including phenoxy) is 1. The van der Waals surface area contributed by atoms with Crippen LogP contribution in [0.4, 0.5) is 0 Å². The quantitative estimate of drug-likeness (QED) is 0.197. The minimum Gasteiger partial charge on any atom is -0.462 e. The van der Waals surface area contributed by atoms with E-state index in [0.29, 0.717) is 35.4 Å². The van der Waals surface area contributed by atoms with E-state index in [1.807, 2.05) is 0 Å². The van der Waals surface area contributed by atoms with Crippen LogP contribution in [0.15, 0.2) is 11.6 Å². The smallest absolute Gasteiger partial charge is 0.306 e. The maximum Gasteiger partial charge on any atom is 0.306 e. The highest BCUT2D eigenvalue weighted by molar-refractivity contribution is 5.95. The monoisotopic (exact) mass is 595 g/mol. The molecule has 3 nitrogen and oxygen atoms in total. The molecule has 0 aliphatic heterocycles. The van der Waals surface area contributed by atoms with Gasteiger partial charge in [0, 0.05) is 17.8 Å². The first-order valence-electron chi connectivity index (χ1n) is 18.6. The lowest BCUT2D eigenvalue weighted by molar-refractivity contribution is -0.211. The highest BCUT2D eigenvalue weighted by Crippen LogP contribution is 2.75. The van der Waals surface area contributed by atoms with Gasteiger partial charge < -0.3 is 4.74 Å². The van der Waals surface area contributed by atoms with Gasteiger partial charge in [-0.15, -0.1) is 0 Å². The molecule has 4 saturated carbocycles. The largest absolute Gasteiger partial charge is 0.462 e. The zero-order valence-electron chi connectivity index (χ0n) is 29.6. The van der Waals surface area contributed by atoms with E-state index >= 15 is 0 Å². The molecule has 5 rings (SSSR count). The number of fused-ring (bicyclic) bond motifs is 7. The summed E-state index contributed by atoms with van der Waals surface area (Å²) in [5.41, 5.74) is 1.73. The van der Waals surface area contributed by atoms with Gasteiger partial charge in [0.1, 0.15) is 6.10 Å². The van der Waals surface area contributed by atoms with Gasteiger partial charge in [0.25, 0.3) is 0 Å². The fourth-order valence-electron chi connectivity index (χ4n) is 12.3. The van der Waals surface area contributed by atoms with E-state index in [1.165, 1.54) is 63.4 Å². The first kappa shape index (κ1) is 33.2. The molecule has 0 heterocycles. The molecule has 0 aromatic rings. The van der Waals surface area contributed by atoms with Crippen LogP contribution in [0.1, 0.15) is 165 Å². The predicted molar refractivity (Wildman–Crippen MR) is 178 cm³/mol. The van der Waals surface area contributed by atoms with Crippen molar-refractivity contribution in [3.63, 3.8) is 0 Å². The van der Waals surface area contributed by atoms with Crippen LogP contribution in [-0.2, 0) is 14.3 Å². The lowest BCUT2D eigenvalue weighted by atomic mass is 9.33. The molecule has 0 aromatic carbocycles. The molecule has 5 aliphatic carbocycles. The van der Waals surface area contributed by atoms with Gasteiger partial charge in [0.05, 0.1) is 0 Å². The summed E-state index contributed by atoms with van der Waals surface area (Å²) in [6.45, 7) is 21.9. The van der Waals surface area contributed by atoms with Crippen LogP contribution in [0.25, 0.3) is 0 Å². The van der Waals surface area contributed by atoms with Crippen LogP contribution in [0, 0.1) is 56.7 Å². The summed E-state index contributed by atoms with van der Waals surface area (Å²) in [5.74, 6) is 2.73. The summed E-state index contributed by atoms with van der Waals surface area (Å²) in [5, 5.41) is 0. The third-order valence-electron chi connectivity index (χ3n) is 15.3. The van der Waals surface area contributed by atoms with E-state index < -0.39 is 0 Å². The third-order valence-corrected chi connectivity index (χ3v) is 15.3. The van der Waals surface area contributed by atoms with Crippen molar-refractivity contribution in [2.75, 3.05) is 0 Å². The third kappa shape index (κ3) is 5.31. The van der Waals surface area contributed by atoms with Crippen LogP contribution in [0.2, 0.25) is 0 Å². The summed E-state index contributed by atoms with van der Waals surface area (Å²) < 4.78 is 6.30. The highest BCUT2D eigenvalue weighted by Gasteiger charge is 2.70. The molecule has 43 heavy (non-hydrogen) atoms. The van der Waals surface area contributed by atoms with E-state index in [0.717, 1.165) is 44.4 Å². The van der Waals surface area contributed by atoms with E-state index in [2.05, 4.69) is 68.4 Å². The van der Waals surface area contributed by atoms with Crippen molar-refractivity contribution in [3.05, 3.63) is 11.6 Å². The van der Waals surface area contributed by atoms with Crippen LogP contribution in [0.5, 0.6) is 0 Å². The summed E-state index contributed by atoms with van der Waals surface area (Å²) in [4.78, 5) is 27.6. The molecule has 0 aromatic heterocycles. The van der Waals surface area contributed by atoms with E-state index in [9.17, 15) is 9.59 Å². The van der Waals surface area contributed by atoms with Crippen molar-refractivity contribution in [1.82, 2.24) is 0 Å². The van der Waals surface area contributed by atoms with Gasteiger partial charge in [0.2, 0.25) is 0 Å². The zero-order valence-corrected chi connectivity index (χ0v) is 29.6. The zero-order chi connectivity index (χ0) is 31.4. The van der Waals surface area contributed by atoms with Crippen LogP contribution in [-0.4, -0.2) is 17.9 Å². The molecular weight excluding hydrogens is 528 g/mol. The average Bonchev–Trinajstić information content (AvgIpc) is 2.93. The normalized spacial score (nSPS) is 45.2. The van der Waals surface area contributed by atoms with Gasteiger partial charge in [-0.2, -0.15) is 0 Å². The first-order valence-corrected chi connectivity index (χ1v) is 18.6. The number of ketones is 1. The van der Waals surface area contributed by atoms with Crippen LogP contribution >= 0.6 is 0 Å². The Morgan fingerprint density at radius 1 is 0.837 bits per heavy atom. The van der Waals surface area contributed by atoms with Crippen molar-refractivity contribution in [2.45, 2.75) is 171 Å². The summed E-state index contributed by atoms with van der Waals surface area (Å²) in [7, 11) is 0. The minimum atomic E-state index is -0.131. The standard InChI is InChI=1S/C40H66O3/c1-10-11-12-13-14-15-16-17-33(42)43-32-20-22-38(7)31(36(32,4)5)19-23-40(9)35(38)30(41)26-29-34-28(3)27(2)18-21-37(34,6)24-25-39(29,40)8/h26-28,31-32,34-35H,10-25H2,1-9H3/t27-,28+,31+,32+,34+,35-,37-,38+,39-,40-/m1/s1. The fraction of sp³-hybridized carbons (Fsp3) is 0.900. The van der Waals surface area contributed by atoms with E-state index in [-0.39, 0.29) is 39.7 Å². The molecule has 0 N–H and O–H groups in total. The van der Waals surface area contributed by atoms with Gasteiger partial charge in [-0.3, -0.25) is 9.59 Å². The molecule has 10 atom stereocenters. The Labute approximate surface area is 265 Å². The lowest BCUT2D eigenvalue weighted by Gasteiger charge is -2.70. The number of rotatable bonds is 9. The number of allylic oxidation sites excluding steroid dienone is 2. The van der Waals surface area contributed by atoms with Gasteiger partial charge in [-0.1, -0.05) is 106 Å². The van der Waals surface area contributed by atoms with Crippen molar-refractivity contribution in [3.8, 4) is 0 Å². The number of hydrogen-bond donors (Lipinski definition) is 0. The van der Waals surface area contributed by atoms with Crippen molar-refractivity contribution >= 4 is 11.8 Å². The van der Waals surface area contributed by atoms with Crippen molar-refractivity contribution in [1.29, 1.82) is 0 Å². The first-order chi connectivity index (χ1) is 20.2. The number of carbonyl (C=O) groups is 2. The van der Waals surface area contributed by atoms with Crippen LogP contribution < -0.4 is 0 Å². The Morgan fingerprint density at radius 2 is 1.51 bits per heavy atom. The Balaban J connectivity index is 1.34. The summed E-state index contributed by atoms with van der Waals surface area (Å²) >= 11 is 0. The molecule has 0 spiro atoms. The molecule has 244 valence electrons. The maximum atomic E-state index is 14.6. The lowest BCUT2D eigenvalue weighted by Crippen LogP contribution is -2.67. The molecule has 4 fully saturated rings. The van der Waals surface area contributed by atoms with Crippen molar-refractivity contribution < 1.29 is 14.3 Å². The Morgan fingerprint density at radius 3 is 2.21 bits per heavy atom. The summed E-state index contributed by atoms with van der Waals surface area (Å²) in [6, 6.07) is 0. The van der Waals surface area contributed by atoms with Gasteiger partial charge in [0.15, 0.2) is 5.78 Å². The fourth-order valence-corrected chi connectivity index (χ4v) is 12.3. The number of hydrogen-bond acceptors (Lipinski definition) is 3. The Hall–Kier alpha value is -1.12. The Kier molecular flexibility index (Phi) is 9.21. The second kappa shape index (κ2) is 11.9. The van der Waals surface area contributed by atoms with E-state index in [4.69, 9.17) is 4.74 Å². The topological polar surface area (TPSA) is 43.4 Å².